The van der Waals surface area contributed by atoms with Gasteiger partial charge in [0, 0.05) is 5.69 Å². The van der Waals surface area contributed by atoms with Crippen LogP contribution in [0, 0.1) is 0 Å². The molecule has 0 heterocycles. The van der Waals surface area contributed by atoms with Gasteiger partial charge in [-0.3, -0.25) is 10.1 Å². The molecule has 2 aromatic rings. The van der Waals surface area contributed by atoms with Crippen LogP contribution < -0.4 is 15.9 Å². The summed E-state index contributed by atoms with van der Waals surface area (Å²) in [5.74, 6) is 0. The van der Waals surface area contributed by atoms with E-state index in [0.717, 1.165) is 0 Å². The maximum atomic E-state index is 12.2. The molecule has 0 aliphatic rings. The first-order valence-electron chi connectivity index (χ1n) is 6.24. The minimum atomic E-state index is -3.61. The Bertz CT molecular complexity index is 789. The molecule has 0 aromatic heterocycles. The van der Waals surface area contributed by atoms with E-state index in [9.17, 15) is 8.42 Å². The molecule has 4 N–H and O–H groups in total. The molecule has 0 spiro atoms. The van der Waals surface area contributed by atoms with Gasteiger partial charge < -0.3 is 5.73 Å². The molecule has 0 saturated heterocycles. The Hall–Kier alpha value is -2.45. The third-order valence-corrected chi connectivity index (χ3v) is 4.07. The molecule has 0 saturated carbocycles. The normalized spacial score (nSPS) is 11.3. The quantitative estimate of drug-likeness (QED) is 0.439. The SMILES string of the molecule is NC(=S)NN=Cc1cccc(NS(=O)(=O)c2ccccc2)c1. The molecule has 0 atom stereocenters. The third kappa shape index (κ3) is 4.54. The molecule has 0 amide bonds. The maximum Gasteiger partial charge on any atom is 0.261 e. The van der Waals surface area contributed by atoms with Crippen LogP contribution in [0.3, 0.4) is 0 Å². The number of hydrazone groups is 1. The molecule has 0 unspecified atom stereocenters. The third-order valence-electron chi connectivity index (χ3n) is 2.58. The van der Waals surface area contributed by atoms with Crippen LogP contribution in [-0.2, 0) is 10.0 Å². The number of benzene rings is 2. The standard InChI is InChI=1S/C14H14N4O2S2/c15-14(21)17-16-10-11-5-4-6-12(9-11)18-22(19,20)13-7-2-1-3-8-13/h1-10,18H,(H3,15,17,21). The summed E-state index contributed by atoms with van der Waals surface area (Å²) >= 11 is 4.62. The van der Waals surface area contributed by atoms with Gasteiger partial charge in [0.15, 0.2) is 5.11 Å². The summed E-state index contributed by atoms with van der Waals surface area (Å²) in [4.78, 5) is 0.198. The van der Waals surface area contributed by atoms with Crippen molar-refractivity contribution in [2.24, 2.45) is 10.8 Å². The number of hydrogen-bond acceptors (Lipinski definition) is 4. The Kier molecular flexibility index (Phi) is 5.08. The minimum Gasteiger partial charge on any atom is -0.375 e. The van der Waals surface area contributed by atoms with Gasteiger partial charge in [0.25, 0.3) is 10.0 Å². The molecular formula is C14H14N4O2S2. The molecule has 2 aromatic carbocycles. The topological polar surface area (TPSA) is 96.6 Å². The van der Waals surface area contributed by atoms with Crippen molar-refractivity contribution in [1.29, 1.82) is 0 Å². The van der Waals surface area contributed by atoms with E-state index in [1.54, 1.807) is 42.5 Å². The van der Waals surface area contributed by atoms with Gasteiger partial charge in [-0.15, -0.1) is 0 Å². The summed E-state index contributed by atoms with van der Waals surface area (Å²) in [5, 5.41) is 3.87. The van der Waals surface area contributed by atoms with Crippen molar-refractivity contribution >= 4 is 39.3 Å². The Morgan fingerprint density at radius 1 is 1.14 bits per heavy atom. The van der Waals surface area contributed by atoms with Gasteiger partial charge in [0.2, 0.25) is 0 Å². The second-order valence-corrected chi connectivity index (χ2v) is 6.40. The van der Waals surface area contributed by atoms with E-state index in [-0.39, 0.29) is 10.0 Å². The number of nitrogens with zero attached hydrogens (tertiary/aromatic N) is 1. The van der Waals surface area contributed by atoms with E-state index < -0.39 is 10.0 Å². The lowest BCUT2D eigenvalue weighted by atomic mass is 10.2. The number of anilines is 1. The van der Waals surface area contributed by atoms with Crippen molar-refractivity contribution in [3.8, 4) is 0 Å². The highest BCUT2D eigenvalue weighted by Gasteiger charge is 2.13. The lowest BCUT2D eigenvalue weighted by molar-refractivity contribution is 0.601. The smallest absolute Gasteiger partial charge is 0.261 e. The second kappa shape index (κ2) is 7.01. The first-order chi connectivity index (χ1) is 10.5. The van der Waals surface area contributed by atoms with Crippen LogP contribution in [0.15, 0.2) is 64.6 Å². The summed E-state index contributed by atoms with van der Waals surface area (Å²) in [6, 6.07) is 14.9. The molecule has 0 radical (unpaired) electrons. The molecule has 0 aliphatic heterocycles. The first kappa shape index (κ1) is 15.9. The van der Waals surface area contributed by atoms with E-state index >= 15 is 0 Å². The molecule has 0 aliphatic carbocycles. The largest absolute Gasteiger partial charge is 0.375 e. The summed E-state index contributed by atoms with van der Waals surface area (Å²) in [5.41, 5.74) is 8.80. The number of sulfonamides is 1. The van der Waals surface area contributed by atoms with Crippen LogP contribution in [0.5, 0.6) is 0 Å². The summed E-state index contributed by atoms with van der Waals surface area (Å²) in [6.45, 7) is 0. The molecule has 22 heavy (non-hydrogen) atoms. The van der Waals surface area contributed by atoms with Gasteiger partial charge in [-0.2, -0.15) is 5.10 Å². The molecular weight excluding hydrogens is 320 g/mol. The van der Waals surface area contributed by atoms with Crippen LogP contribution in [0.1, 0.15) is 5.56 Å². The zero-order valence-corrected chi connectivity index (χ0v) is 13.1. The Balaban J connectivity index is 2.17. The zero-order valence-electron chi connectivity index (χ0n) is 11.4. The zero-order chi connectivity index (χ0) is 16.0. The van der Waals surface area contributed by atoms with E-state index in [1.165, 1.54) is 18.3 Å². The highest BCUT2D eigenvalue weighted by atomic mass is 32.2. The van der Waals surface area contributed by atoms with Crippen molar-refractivity contribution in [1.82, 2.24) is 5.43 Å². The van der Waals surface area contributed by atoms with Crippen molar-refractivity contribution in [3.05, 3.63) is 60.2 Å². The molecule has 2 rings (SSSR count). The lowest BCUT2D eigenvalue weighted by Gasteiger charge is -2.08. The Morgan fingerprint density at radius 3 is 2.55 bits per heavy atom. The van der Waals surface area contributed by atoms with E-state index in [0.29, 0.717) is 11.3 Å². The maximum absolute atomic E-state index is 12.2. The number of nitrogens with two attached hydrogens (primary N) is 1. The van der Waals surface area contributed by atoms with E-state index in [1.807, 2.05) is 0 Å². The number of nitrogens with one attached hydrogen (secondary N) is 2. The van der Waals surface area contributed by atoms with Gasteiger partial charge in [-0.05, 0) is 42.0 Å². The van der Waals surface area contributed by atoms with Crippen LogP contribution in [0.2, 0.25) is 0 Å². The number of rotatable bonds is 5. The average molecular weight is 334 g/mol. The Morgan fingerprint density at radius 2 is 1.86 bits per heavy atom. The molecule has 6 nitrogen and oxygen atoms in total. The monoisotopic (exact) mass is 334 g/mol. The predicted octanol–water partition coefficient (Wildman–Crippen LogP) is 1.65. The van der Waals surface area contributed by atoms with Gasteiger partial charge in [-0.1, -0.05) is 30.3 Å². The van der Waals surface area contributed by atoms with Crippen molar-refractivity contribution in [2.75, 3.05) is 4.72 Å². The van der Waals surface area contributed by atoms with E-state index in [2.05, 4.69) is 27.5 Å². The average Bonchev–Trinajstić information content (AvgIpc) is 2.48. The fraction of sp³-hybridized carbons (Fsp3) is 0. The van der Waals surface area contributed by atoms with Crippen LogP contribution in [-0.4, -0.2) is 19.7 Å². The Labute approximate surface area is 134 Å². The van der Waals surface area contributed by atoms with E-state index in [4.69, 9.17) is 5.73 Å². The molecule has 0 bridgehead atoms. The van der Waals surface area contributed by atoms with Gasteiger partial charge in [-0.25, -0.2) is 8.42 Å². The highest BCUT2D eigenvalue weighted by molar-refractivity contribution is 7.92. The fourth-order valence-electron chi connectivity index (χ4n) is 1.67. The highest BCUT2D eigenvalue weighted by Crippen LogP contribution is 2.16. The predicted molar refractivity (Wildman–Crippen MR) is 91.2 cm³/mol. The summed E-state index contributed by atoms with van der Waals surface area (Å²) < 4.78 is 27.0. The minimum absolute atomic E-state index is 0.0529. The van der Waals surface area contributed by atoms with Crippen LogP contribution >= 0.6 is 12.2 Å². The van der Waals surface area contributed by atoms with Gasteiger partial charge >= 0.3 is 0 Å². The van der Waals surface area contributed by atoms with Gasteiger partial charge in [0.05, 0.1) is 11.1 Å². The van der Waals surface area contributed by atoms with Crippen molar-refractivity contribution in [3.63, 3.8) is 0 Å². The van der Waals surface area contributed by atoms with Crippen molar-refractivity contribution in [2.45, 2.75) is 4.90 Å². The second-order valence-electron chi connectivity index (χ2n) is 4.28. The van der Waals surface area contributed by atoms with Gasteiger partial charge in [0.1, 0.15) is 0 Å². The summed E-state index contributed by atoms with van der Waals surface area (Å²) in [6.07, 6.45) is 1.49. The van der Waals surface area contributed by atoms with Crippen LogP contribution in [0.25, 0.3) is 0 Å². The summed E-state index contributed by atoms with van der Waals surface area (Å²) in [7, 11) is -3.61. The first-order valence-corrected chi connectivity index (χ1v) is 8.13. The fourth-order valence-corrected chi connectivity index (χ4v) is 2.79. The lowest BCUT2D eigenvalue weighted by Crippen LogP contribution is -2.24. The van der Waals surface area contributed by atoms with Crippen LogP contribution in [0.4, 0.5) is 5.69 Å². The number of thiocarbonyl (C=S) groups is 1. The molecule has 114 valence electrons. The molecule has 8 heteroatoms. The number of hydrogen-bond donors (Lipinski definition) is 3. The van der Waals surface area contributed by atoms with Crippen molar-refractivity contribution < 1.29 is 8.42 Å². The molecule has 0 fully saturated rings.